The molecular weight excluding hydrogens is 274 g/mol. The Morgan fingerprint density at radius 3 is 2.75 bits per heavy atom. The second-order valence-electron chi connectivity index (χ2n) is 4.41. The van der Waals surface area contributed by atoms with Crippen molar-refractivity contribution in [2.45, 2.75) is 6.92 Å². The maximum atomic E-state index is 6.03. The summed E-state index contributed by atoms with van der Waals surface area (Å²) in [4.78, 5) is 12.7. The van der Waals surface area contributed by atoms with Crippen molar-refractivity contribution in [2.24, 2.45) is 0 Å². The van der Waals surface area contributed by atoms with E-state index in [4.69, 9.17) is 16.3 Å². The summed E-state index contributed by atoms with van der Waals surface area (Å²) in [5.41, 5.74) is 3.54. The quantitative estimate of drug-likeness (QED) is 0.674. The third-order valence-electron chi connectivity index (χ3n) is 3.07. The Morgan fingerprint density at radius 2 is 1.95 bits per heavy atom. The zero-order chi connectivity index (χ0) is 14.1. The van der Waals surface area contributed by atoms with Gasteiger partial charge >= 0.3 is 0 Å². The fourth-order valence-corrected chi connectivity index (χ4v) is 2.32. The Bertz CT molecular complexity index is 789. The number of methoxy groups -OCH3 is 1. The first-order chi connectivity index (χ1) is 9.69. The third kappa shape index (κ3) is 2.18. The van der Waals surface area contributed by atoms with E-state index in [1.807, 2.05) is 37.3 Å². The van der Waals surface area contributed by atoms with Gasteiger partial charge in [-0.1, -0.05) is 23.7 Å². The Morgan fingerprint density at radius 1 is 1.10 bits per heavy atom. The summed E-state index contributed by atoms with van der Waals surface area (Å²) in [7, 11) is 1.56. The average molecular weight is 286 g/mol. The third-order valence-corrected chi connectivity index (χ3v) is 3.34. The summed E-state index contributed by atoms with van der Waals surface area (Å²) in [5.74, 6) is 0.480. The lowest BCUT2D eigenvalue weighted by atomic mass is 10.1. The normalized spacial score (nSPS) is 10.8. The minimum atomic E-state index is 0.305. The molecule has 0 aliphatic rings. The van der Waals surface area contributed by atoms with Gasteiger partial charge in [-0.3, -0.25) is 4.98 Å². The molecule has 0 atom stereocenters. The van der Waals surface area contributed by atoms with E-state index in [1.165, 1.54) is 6.33 Å². The number of aryl methyl sites for hydroxylation is 1. The van der Waals surface area contributed by atoms with Crippen LogP contribution < -0.4 is 4.74 Å². The number of rotatable bonds is 2. The minimum absolute atomic E-state index is 0.305. The van der Waals surface area contributed by atoms with Crippen molar-refractivity contribution in [2.75, 3.05) is 7.11 Å². The van der Waals surface area contributed by atoms with E-state index in [1.54, 1.807) is 7.11 Å². The van der Waals surface area contributed by atoms with Crippen LogP contribution in [0.15, 0.2) is 36.7 Å². The fraction of sp³-hybridized carbons (Fsp3) is 0.133. The van der Waals surface area contributed by atoms with Crippen molar-refractivity contribution < 1.29 is 4.74 Å². The molecule has 0 amide bonds. The van der Waals surface area contributed by atoms with E-state index >= 15 is 0 Å². The molecule has 0 fully saturated rings. The van der Waals surface area contributed by atoms with E-state index in [9.17, 15) is 0 Å². The summed E-state index contributed by atoms with van der Waals surface area (Å²) in [6.07, 6.45) is 1.43. The molecule has 0 saturated carbocycles. The van der Waals surface area contributed by atoms with Crippen LogP contribution in [-0.4, -0.2) is 22.1 Å². The van der Waals surface area contributed by atoms with Crippen LogP contribution in [0, 0.1) is 6.92 Å². The minimum Gasteiger partial charge on any atom is -0.491 e. The first-order valence-electron chi connectivity index (χ1n) is 6.11. The van der Waals surface area contributed by atoms with Crippen molar-refractivity contribution in [3.63, 3.8) is 0 Å². The summed E-state index contributed by atoms with van der Waals surface area (Å²) in [6.45, 7) is 1.97. The molecule has 3 rings (SSSR count). The molecule has 0 saturated heterocycles. The highest BCUT2D eigenvalue weighted by Gasteiger charge is 2.12. The van der Waals surface area contributed by atoms with Gasteiger partial charge in [0.15, 0.2) is 10.9 Å². The number of hydrogen-bond acceptors (Lipinski definition) is 4. The van der Waals surface area contributed by atoms with E-state index in [2.05, 4.69) is 15.0 Å². The molecule has 3 aromatic rings. The van der Waals surface area contributed by atoms with Gasteiger partial charge < -0.3 is 4.74 Å². The molecule has 0 unspecified atom stereocenters. The number of ether oxygens (including phenoxy) is 1. The standard InChI is InChI=1S/C15H12ClN3O/c1-9-3-4-10-7-11(5-6-12(10)19-9)13-14(20-2)15(16)18-8-17-13/h3-8H,1-2H3. The lowest BCUT2D eigenvalue weighted by Crippen LogP contribution is -1.94. The van der Waals surface area contributed by atoms with Gasteiger partial charge in [-0.2, -0.15) is 0 Å². The molecule has 0 spiro atoms. The average Bonchev–Trinajstić information content (AvgIpc) is 2.46. The number of hydrogen-bond donors (Lipinski definition) is 0. The molecule has 0 aliphatic heterocycles. The Hall–Kier alpha value is -2.20. The first kappa shape index (κ1) is 12.8. The molecule has 5 heteroatoms. The van der Waals surface area contributed by atoms with Gasteiger partial charge in [0.1, 0.15) is 12.0 Å². The maximum absolute atomic E-state index is 6.03. The van der Waals surface area contributed by atoms with E-state index in [-0.39, 0.29) is 0 Å². The van der Waals surface area contributed by atoms with E-state index in [0.717, 1.165) is 22.2 Å². The zero-order valence-electron chi connectivity index (χ0n) is 11.1. The number of halogens is 1. The van der Waals surface area contributed by atoms with Crippen molar-refractivity contribution >= 4 is 22.5 Å². The molecule has 2 heterocycles. The predicted octanol–water partition coefficient (Wildman–Crippen LogP) is 3.66. The van der Waals surface area contributed by atoms with Crippen LogP contribution in [0.1, 0.15) is 5.69 Å². The zero-order valence-corrected chi connectivity index (χ0v) is 11.8. The lowest BCUT2D eigenvalue weighted by molar-refractivity contribution is 0.413. The van der Waals surface area contributed by atoms with Crippen molar-refractivity contribution in [3.05, 3.63) is 47.5 Å². The van der Waals surface area contributed by atoms with Gasteiger partial charge in [-0.05, 0) is 25.1 Å². The highest BCUT2D eigenvalue weighted by Crippen LogP contribution is 2.33. The summed E-state index contributed by atoms with van der Waals surface area (Å²) >= 11 is 6.03. The second kappa shape index (κ2) is 5.06. The van der Waals surface area contributed by atoms with Gasteiger partial charge in [-0.15, -0.1) is 0 Å². The smallest absolute Gasteiger partial charge is 0.182 e. The molecule has 100 valence electrons. The lowest BCUT2D eigenvalue weighted by Gasteiger charge is -2.09. The molecule has 0 aliphatic carbocycles. The molecule has 4 nitrogen and oxygen atoms in total. The fourth-order valence-electron chi connectivity index (χ4n) is 2.11. The predicted molar refractivity (Wildman–Crippen MR) is 79.1 cm³/mol. The molecule has 0 radical (unpaired) electrons. The summed E-state index contributed by atoms with van der Waals surface area (Å²) < 4.78 is 5.29. The monoisotopic (exact) mass is 285 g/mol. The molecule has 0 bridgehead atoms. The largest absolute Gasteiger partial charge is 0.491 e. The first-order valence-corrected chi connectivity index (χ1v) is 6.49. The Labute approximate surface area is 121 Å². The van der Waals surface area contributed by atoms with Crippen molar-refractivity contribution in [1.29, 1.82) is 0 Å². The topological polar surface area (TPSA) is 47.9 Å². The van der Waals surface area contributed by atoms with Crippen molar-refractivity contribution in [3.8, 4) is 17.0 Å². The van der Waals surface area contributed by atoms with E-state index < -0.39 is 0 Å². The van der Waals surface area contributed by atoms with Crippen LogP contribution in [0.25, 0.3) is 22.2 Å². The summed E-state index contributed by atoms with van der Waals surface area (Å²) in [5, 5.41) is 1.35. The maximum Gasteiger partial charge on any atom is 0.182 e. The van der Waals surface area contributed by atoms with Crippen LogP contribution in [0.3, 0.4) is 0 Å². The number of fused-ring (bicyclic) bond motifs is 1. The number of pyridine rings is 1. The van der Waals surface area contributed by atoms with Crippen LogP contribution in [0.4, 0.5) is 0 Å². The van der Waals surface area contributed by atoms with Gasteiger partial charge in [0.05, 0.1) is 12.6 Å². The molecule has 0 N–H and O–H groups in total. The van der Waals surface area contributed by atoms with Crippen LogP contribution in [0.2, 0.25) is 5.15 Å². The van der Waals surface area contributed by atoms with Crippen LogP contribution in [0.5, 0.6) is 5.75 Å². The Kier molecular flexibility index (Phi) is 3.24. The molecule has 1 aromatic carbocycles. The number of benzene rings is 1. The second-order valence-corrected chi connectivity index (χ2v) is 4.76. The Balaban J connectivity index is 2.20. The van der Waals surface area contributed by atoms with Gasteiger partial charge in [0.2, 0.25) is 0 Å². The highest BCUT2D eigenvalue weighted by atomic mass is 35.5. The van der Waals surface area contributed by atoms with Gasteiger partial charge in [0, 0.05) is 16.6 Å². The van der Waals surface area contributed by atoms with Crippen LogP contribution in [-0.2, 0) is 0 Å². The number of aromatic nitrogens is 3. The molecule has 2 aromatic heterocycles. The summed E-state index contributed by atoms with van der Waals surface area (Å²) in [6, 6.07) is 9.96. The molecule has 20 heavy (non-hydrogen) atoms. The number of nitrogens with zero attached hydrogens (tertiary/aromatic N) is 3. The van der Waals surface area contributed by atoms with Crippen molar-refractivity contribution in [1.82, 2.24) is 15.0 Å². The van der Waals surface area contributed by atoms with Crippen LogP contribution >= 0.6 is 11.6 Å². The molecular formula is C15H12ClN3O. The SMILES string of the molecule is COc1c(Cl)ncnc1-c1ccc2nc(C)ccc2c1. The van der Waals surface area contributed by atoms with E-state index in [0.29, 0.717) is 16.6 Å². The van der Waals surface area contributed by atoms with Gasteiger partial charge in [0.25, 0.3) is 0 Å². The van der Waals surface area contributed by atoms with Gasteiger partial charge in [-0.25, -0.2) is 9.97 Å². The highest BCUT2D eigenvalue weighted by molar-refractivity contribution is 6.31.